The van der Waals surface area contributed by atoms with Gasteiger partial charge in [0.1, 0.15) is 5.75 Å². The molecule has 10 heteroatoms. The van der Waals surface area contributed by atoms with Gasteiger partial charge in [-0.05, 0) is 90.4 Å². The molecule has 2 aromatic carbocycles. The van der Waals surface area contributed by atoms with Crippen LogP contribution in [0.15, 0.2) is 51.8 Å². The lowest BCUT2D eigenvalue weighted by molar-refractivity contribution is 0.0977. The van der Waals surface area contributed by atoms with Gasteiger partial charge in [0.05, 0.1) is 16.0 Å². The number of benzene rings is 2. The summed E-state index contributed by atoms with van der Waals surface area (Å²) < 4.78 is 33.8. The second-order valence-corrected chi connectivity index (χ2v) is 10.9. The Bertz CT molecular complexity index is 1080. The fraction of sp³-hybridized carbons (Fsp3) is 0.417. The van der Waals surface area contributed by atoms with Crippen molar-refractivity contribution in [3.63, 3.8) is 0 Å². The first-order valence-corrected chi connectivity index (χ1v) is 14.0. The van der Waals surface area contributed by atoms with E-state index in [0.717, 1.165) is 12.8 Å². The summed E-state index contributed by atoms with van der Waals surface area (Å²) in [5.74, 6) is 0.316. The summed E-state index contributed by atoms with van der Waals surface area (Å²) in [7, 11) is -3.58. The molecule has 1 amide bonds. The van der Waals surface area contributed by atoms with E-state index in [1.165, 1.54) is 25.0 Å². The molecule has 0 aliphatic heterocycles. The molecule has 0 saturated carbocycles. The topological polar surface area (TPSA) is 96.5 Å². The van der Waals surface area contributed by atoms with Gasteiger partial charge in [-0.15, -0.1) is 0 Å². The smallest absolute Gasteiger partial charge is 0.257 e. The molecule has 2 rings (SSSR count). The van der Waals surface area contributed by atoms with Gasteiger partial charge in [0.25, 0.3) is 5.91 Å². The molecule has 2 aromatic rings. The quantitative estimate of drug-likeness (QED) is 0.227. The normalized spacial score (nSPS) is 12.1. The first-order valence-electron chi connectivity index (χ1n) is 11.3. The Morgan fingerprint density at radius 2 is 1.79 bits per heavy atom. The molecule has 0 spiro atoms. The highest BCUT2D eigenvalue weighted by atomic mass is 79.9. The second kappa shape index (κ2) is 13.8. The summed E-state index contributed by atoms with van der Waals surface area (Å²) in [5, 5.41) is 5.62. The summed E-state index contributed by atoms with van der Waals surface area (Å²) in [5.41, 5.74) is 0.979. The van der Waals surface area contributed by atoms with Crippen molar-refractivity contribution in [2.75, 3.05) is 11.9 Å². The number of hydrogen-bond acceptors (Lipinski definition) is 5. The Labute approximate surface area is 216 Å². The van der Waals surface area contributed by atoms with Crippen LogP contribution in [-0.4, -0.2) is 32.1 Å². The van der Waals surface area contributed by atoms with Crippen molar-refractivity contribution >= 4 is 54.9 Å². The fourth-order valence-electron chi connectivity index (χ4n) is 2.94. The molecule has 3 N–H and O–H groups in total. The van der Waals surface area contributed by atoms with Crippen molar-refractivity contribution in [3.8, 4) is 5.75 Å². The zero-order valence-electron chi connectivity index (χ0n) is 19.7. The molecule has 1 unspecified atom stereocenters. The maximum absolute atomic E-state index is 12.6. The predicted octanol–water partition coefficient (Wildman–Crippen LogP) is 5.61. The number of amides is 1. The third-order valence-electron chi connectivity index (χ3n) is 5.07. The molecule has 7 nitrogen and oxygen atoms in total. The Kier molecular flexibility index (Phi) is 11.4. The molecule has 0 heterocycles. The van der Waals surface area contributed by atoms with Gasteiger partial charge in [0.2, 0.25) is 10.0 Å². The van der Waals surface area contributed by atoms with Crippen LogP contribution in [0, 0.1) is 0 Å². The Morgan fingerprint density at radius 3 is 2.41 bits per heavy atom. The van der Waals surface area contributed by atoms with E-state index in [0.29, 0.717) is 34.5 Å². The van der Waals surface area contributed by atoms with Crippen LogP contribution in [0.2, 0.25) is 0 Å². The standard InChI is InChI=1S/C24H32BrN3O4S2/c1-4-6-7-8-15-32-22-14-9-18(16-21(22)25)23(29)27-24(33)26-19-10-12-20(13-11-19)34(30,31)28-17(3)5-2/h9-14,16-17,28H,4-8,15H2,1-3H3,(H2,26,27,29,33). The summed E-state index contributed by atoms with van der Waals surface area (Å²) in [6.45, 7) is 6.51. The lowest BCUT2D eigenvalue weighted by atomic mass is 10.2. The van der Waals surface area contributed by atoms with Crippen molar-refractivity contribution < 1.29 is 17.9 Å². The van der Waals surface area contributed by atoms with Gasteiger partial charge in [-0.3, -0.25) is 10.1 Å². The average Bonchev–Trinajstić information content (AvgIpc) is 2.79. The predicted molar refractivity (Wildman–Crippen MR) is 144 cm³/mol. The van der Waals surface area contributed by atoms with Crippen molar-refractivity contribution in [1.29, 1.82) is 0 Å². The lowest BCUT2D eigenvalue weighted by Crippen LogP contribution is -2.34. The molecule has 0 bridgehead atoms. The Morgan fingerprint density at radius 1 is 1.09 bits per heavy atom. The number of sulfonamides is 1. The largest absolute Gasteiger partial charge is 0.492 e. The molecular weight excluding hydrogens is 538 g/mol. The van der Waals surface area contributed by atoms with Crippen molar-refractivity contribution in [3.05, 3.63) is 52.5 Å². The van der Waals surface area contributed by atoms with Crippen molar-refractivity contribution in [2.45, 2.75) is 63.8 Å². The van der Waals surface area contributed by atoms with E-state index in [9.17, 15) is 13.2 Å². The monoisotopic (exact) mass is 569 g/mol. The van der Waals surface area contributed by atoms with E-state index in [4.69, 9.17) is 17.0 Å². The highest BCUT2D eigenvalue weighted by Gasteiger charge is 2.16. The number of halogens is 1. The maximum atomic E-state index is 12.6. The van der Waals surface area contributed by atoms with Gasteiger partial charge in [-0.25, -0.2) is 13.1 Å². The number of nitrogens with one attached hydrogen (secondary N) is 3. The van der Waals surface area contributed by atoms with E-state index < -0.39 is 10.0 Å². The van der Waals surface area contributed by atoms with Crippen LogP contribution in [0.25, 0.3) is 0 Å². The number of carbonyl (C=O) groups excluding carboxylic acids is 1. The highest BCUT2D eigenvalue weighted by Crippen LogP contribution is 2.26. The number of carbonyl (C=O) groups is 1. The molecule has 1 atom stereocenters. The van der Waals surface area contributed by atoms with Gasteiger partial charge in [0, 0.05) is 17.3 Å². The molecule has 0 aliphatic carbocycles. The summed E-state index contributed by atoms with van der Waals surface area (Å²) in [4.78, 5) is 12.7. The first-order chi connectivity index (χ1) is 16.2. The third-order valence-corrected chi connectivity index (χ3v) is 7.50. The van der Waals surface area contributed by atoms with Gasteiger partial charge >= 0.3 is 0 Å². The molecule has 0 fully saturated rings. The number of unbranched alkanes of at least 4 members (excludes halogenated alkanes) is 3. The number of rotatable bonds is 12. The number of ether oxygens (including phenoxy) is 1. The number of anilines is 1. The van der Waals surface area contributed by atoms with Crippen molar-refractivity contribution in [2.24, 2.45) is 0 Å². The molecule has 186 valence electrons. The van der Waals surface area contributed by atoms with Crippen LogP contribution < -0.4 is 20.1 Å². The van der Waals surface area contributed by atoms with Crippen LogP contribution in [0.1, 0.15) is 63.2 Å². The van der Waals surface area contributed by atoms with E-state index in [1.54, 1.807) is 30.3 Å². The minimum atomic E-state index is -3.58. The average molecular weight is 571 g/mol. The van der Waals surface area contributed by atoms with Crippen LogP contribution in [0.5, 0.6) is 5.75 Å². The minimum absolute atomic E-state index is 0.103. The summed E-state index contributed by atoms with van der Waals surface area (Å²) in [6, 6.07) is 11.1. The van der Waals surface area contributed by atoms with E-state index in [-0.39, 0.29) is 22.0 Å². The maximum Gasteiger partial charge on any atom is 0.257 e. The zero-order chi connectivity index (χ0) is 25.1. The van der Waals surface area contributed by atoms with Gasteiger partial charge in [-0.2, -0.15) is 0 Å². The number of thiocarbonyl (C=S) groups is 1. The zero-order valence-corrected chi connectivity index (χ0v) is 22.9. The van der Waals surface area contributed by atoms with Gasteiger partial charge in [0.15, 0.2) is 5.11 Å². The minimum Gasteiger partial charge on any atom is -0.492 e. The van der Waals surface area contributed by atoms with E-state index in [1.807, 2.05) is 13.8 Å². The van der Waals surface area contributed by atoms with E-state index >= 15 is 0 Å². The summed E-state index contributed by atoms with van der Waals surface area (Å²) in [6.07, 6.45) is 5.18. The Hall–Kier alpha value is -2.01. The molecule has 34 heavy (non-hydrogen) atoms. The second-order valence-electron chi connectivity index (χ2n) is 7.92. The fourth-order valence-corrected chi connectivity index (χ4v) is 4.97. The van der Waals surface area contributed by atoms with Crippen molar-refractivity contribution in [1.82, 2.24) is 10.0 Å². The molecule has 0 saturated heterocycles. The van der Waals surface area contributed by atoms with Gasteiger partial charge in [-0.1, -0.05) is 33.1 Å². The van der Waals surface area contributed by atoms with Crippen LogP contribution >= 0.6 is 28.1 Å². The first kappa shape index (κ1) is 28.2. The Balaban J connectivity index is 1.91. The summed E-state index contributed by atoms with van der Waals surface area (Å²) >= 11 is 8.68. The lowest BCUT2D eigenvalue weighted by Gasteiger charge is -2.13. The molecule has 0 aromatic heterocycles. The number of hydrogen-bond donors (Lipinski definition) is 3. The molecule has 0 radical (unpaired) electrons. The SMILES string of the molecule is CCCCCCOc1ccc(C(=O)NC(=S)Nc2ccc(S(=O)(=O)NC(C)CC)cc2)cc1Br. The van der Waals surface area contributed by atoms with Gasteiger partial charge < -0.3 is 10.1 Å². The molecule has 0 aliphatic rings. The van der Waals surface area contributed by atoms with Crippen LogP contribution in [0.4, 0.5) is 5.69 Å². The van der Waals surface area contributed by atoms with Crippen LogP contribution in [-0.2, 0) is 10.0 Å². The molecular formula is C24H32BrN3O4S2. The highest BCUT2D eigenvalue weighted by molar-refractivity contribution is 9.10. The van der Waals surface area contributed by atoms with Crippen LogP contribution in [0.3, 0.4) is 0 Å². The van der Waals surface area contributed by atoms with E-state index in [2.05, 4.69) is 38.2 Å². The third kappa shape index (κ3) is 8.98.